The van der Waals surface area contributed by atoms with Crippen LogP contribution in [0.3, 0.4) is 0 Å². The maximum atomic E-state index is 12.2. The molecule has 106 valence electrons. The molecule has 0 aliphatic carbocycles. The van der Waals surface area contributed by atoms with E-state index in [9.17, 15) is 13.2 Å². The number of rotatable bonds is 7. The van der Waals surface area contributed by atoms with Crippen molar-refractivity contribution in [3.63, 3.8) is 0 Å². The zero-order valence-electron chi connectivity index (χ0n) is 10.6. The van der Waals surface area contributed by atoms with Gasteiger partial charge in [-0.2, -0.15) is 0 Å². The molecule has 0 amide bonds. The van der Waals surface area contributed by atoms with E-state index in [4.69, 9.17) is 4.84 Å². The van der Waals surface area contributed by atoms with Gasteiger partial charge in [0, 0.05) is 11.8 Å². The summed E-state index contributed by atoms with van der Waals surface area (Å²) in [4.78, 5) is 4.94. The molecule has 0 radical (unpaired) electrons. The summed E-state index contributed by atoms with van der Waals surface area (Å²) in [5.74, 6) is -0.265. The van der Waals surface area contributed by atoms with E-state index >= 15 is 0 Å². The molecule has 0 bridgehead atoms. The molecule has 6 heteroatoms. The number of para-hydroxylation sites is 1. The lowest BCUT2D eigenvalue weighted by Gasteiger charge is -2.12. The van der Waals surface area contributed by atoms with Crippen LogP contribution >= 0.6 is 0 Å². The van der Waals surface area contributed by atoms with E-state index in [0.717, 1.165) is 19.3 Å². The van der Waals surface area contributed by atoms with Crippen LogP contribution in [-0.4, -0.2) is 12.6 Å². The van der Waals surface area contributed by atoms with Crippen molar-refractivity contribution < 1.29 is 22.7 Å². The van der Waals surface area contributed by atoms with Gasteiger partial charge in [-0.15, -0.1) is 13.2 Å². The number of hydrogen-bond donors (Lipinski definition) is 0. The second-order valence-corrected chi connectivity index (χ2v) is 3.86. The van der Waals surface area contributed by atoms with E-state index in [1.807, 2.05) is 0 Å². The van der Waals surface area contributed by atoms with E-state index in [2.05, 4.69) is 16.8 Å². The Bertz CT molecular complexity index is 405. The third kappa shape index (κ3) is 6.69. The number of nitrogens with zero attached hydrogens (tertiary/aromatic N) is 1. The van der Waals surface area contributed by atoms with Crippen molar-refractivity contribution in [1.82, 2.24) is 0 Å². The number of alkyl halides is 3. The average molecular weight is 275 g/mol. The number of ether oxygens (including phenoxy) is 1. The molecule has 0 saturated heterocycles. The molecule has 0 saturated carbocycles. The van der Waals surface area contributed by atoms with Gasteiger partial charge in [-0.1, -0.05) is 36.7 Å². The number of unbranched alkanes of at least 4 members (excludes halogenated alkanes) is 2. The first-order valence-electron chi connectivity index (χ1n) is 6.00. The highest BCUT2D eigenvalue weighted by Crippen LogP contribution is 2.26. The zero-order valence-corrected chi connectivity index (χ0v) is 10.6. The lowest BCUT2D eigenvalue weighted by atomic mass is 10.2. The molecule has 0 aliphatic rings. The number of halogens is 3. The third-order valence-electron chi connectivity index (χ3n) is 2.25. The Labute approximate surface area is 110 Å². The normalized spacial score (nSPS) is 11.8. The van der Waals surface area contributed by atoms with Gasteiger partial charge in [0.15, 0.2) is 0 Å². The summed E-state index contributed by atoms with van der Waals surface area (Å²) in [7, 11) is 0. The Morgan fingerprint density at radius 1 is 1.26 bits per heavy atom. The van der Waals surface area contributed by atoms with Gasteiger partial charge in [-0.05, 0) is 18.9 Å². The minimum absolute atomic E-state index is 0.0606. The highest BCUT2D eigenvalue weighted by atomic mass is 19.4. The van der Waals surface area contributed by atoms with E-state index < -0.39 is 6.36 Å². The van der Waals surface area contributed by atoms with Crippen molar-refractivity contribution in [2.24, 2.45) is 5.16 Å². The third-order valence-corrected chi connectivity index (χ3v) is 2.25. The molecule has 1 rings (SSSR count). The topological polar surface area (TPSA) is 30.8 Å². The standard InChI is InChI=1S/C13H16F3NO2/c1-2-3-6-9-17-18-10-11-7-4-5-8-12(11)19-13(14,15)16/h4-5,7-9H,2-3,6,10H2,1H3. The first kappa shape index (κ1) is 15.3. The molecule has 0 unspecified atom stereocenters. The number of hydrogen-bond acceptors (Lipinski definition) is 3. The summed E-state index contributed by atoms with van der Waals surface area (Å²) in [6.45, 7) is 1.99. The molecule has 0 aromatic heterocycles. The first-order chi connectivity index (χ1) is 9.03. The van der Waals surface area contributed by atoms with Gasteiger partial charge in [-0.25, -0.2) is 0 Å². The molecule has 0 fully saturated rings. The fourth-order valence-electron chi connectivity index (χ4n) is 1.35. The largest absolute Gasteiger partial charge is 0.573 e. The molecule has 0 atom stereocenters. The van der Waals surface area contributed by atoms with E-state index in [1.165, 1.54) is 18.2 Å². The molecular formula is C13H16F3NO2. The van der Waals surface area contributed by atoms with Gasteiger partial charge in [0.05, 0.1) is 0 Å². The van der Waals surface area contributed by atoms with Crippen molar-refractivity contribution in [2.75, 3.05) is 0 Å². The van der Waals surface area contributed by atoms with Crippen LogP contribution < -0.4 is 4.74 Å². The lowest BCUT2D eigenvalue weighted by molar-refractivity contribution is -0.275. The second-order valence-electron chi connectivity index (χ2n) is 3.86. The summed E-state index contributed by atoms with van der Waals surface area (Å²) in [5.41, 5.74) is 0.299. The molecular weight excluding hydrogens is 259 g/mol. The summed E-state index contributed by atoms with van der Waals surface area (Å²) < 4.78 is 40.4. The molecule has 1 aromatic carbocycles. The number of benzene rings is 1. The van der Waals surface area contributed by atoms with Gasteiger partial charge in [0.25, 0.3) is 0 Å². The van der Waals surface area contributed by atoms with Gasteiger partial charge >= 0.3 is 6.36 Å². The Morgan fingerprint density at radius 3 is 2.68 bits per heavy atom. The smallest absolute Gasteiger partial charge is 0.405 e. The second kappa shape index (κ2) is 7.66. The van der Waals surface area contributed by atoms with Crippen LogP contribution in [0.4, 0.5) is 13.2 Å². The van der Waals surface area contributed by atoms with Crippen molar-refractivity contribution in [3.05, 3.63) is 29.8 Å². The molecule has 19 heavy (non-hydrogen) atoms. The average Bonchev–Trinajstić information content (AvgIpc) is 2.33. The van der Waals surface area contributed by atoms with Crippen LogP contribution in [0.1, 0.15) is 31.7 Å². The molecule has 0 aliphatic heterocycles. The van der Waals surface area contributed by atoms with Crippen molar-refractivity contribution in [1.29, 1.82) is 0 Å². The summed E-state index contributed by atoms with van der Waals surface area (Å²) in [6.07, 6.45) is -0.261. The van der Waals surface area contributed by atoms with Crippen LogP contribution in [0, 0.1) is 0 Å². The maximum Gasteiger partial charge on any atom is 0.573 e. The predicted molar refractivity (Wildman–Crippen MR) is 65.9 cm³/mol. The Morgan fingerprint density at radius 2 is 2.00 bits per heavy atom. The SMILES string of the molecule is CCCCC=NOCc1ccccc1OC(F)(F)F. The molecule has 3 nitrogen and oxygen atoms in total. The molecule has 0 N–H and O–H groups in total. The van der Waals surface area contributed by atoms with Crippen LogP contribution in [0.25, 0.3) is 0 Å². The number of oxime groups is 1. The van der Waals surface area contributed by atoms with Gasteiger partial charge in [0.1, 0.15) is 12.4 Å². The van der Waals surface area contributed by atoms with Gasteiger partial charge in [0.2, 0.25) is 0 Å². The Hall–Kier alpha value is -1.72. The predicted octanol–water partition coefficient (Wildman–Crippen LogP) is 4.28. The van der Waals surface area contributed by atoms with Crippen LogP contribution in [0.15, 0.2) is 29.4 Å². The van der Waals surface area contributed by atoms with E-state index in [1.54, 1.807) is 12.3 Å². The minimum Gasteiger partial charge on any atom is -0.405 e. The van der Waals surface area contributed by atoms with E-state index in [0.29, 0.717) is 5.56 Å². The van der Waals surface area contributed by atoms with E-state index in [-0.39, 0.29) is 12.4 Å². The maximum absolute atomic E-state index is 12.2. The summed E-state index contributed by atoms with van der Waals surface area (Å²) in [5, 5.41) is 3.68. The summed E-state index contributed by atoms with van der Waals surface area (Å²) in [6, 6.07) is 5.83. The van der Waals surface area contributed by atoms with Gasteiger partial charge < -0.3 is 9.57 Å². The molecule has 0 heterocycles. The first-order valence-corrected chi connectivity index (χ1v) is 6.00. The fourth-order valence-corrected chi connectivity index (χ4v) is 1.35. The van der Waals surface area contributed by atoms with Crippen LogP contribution in [0.5, 0.6) is 5.75 Å². The van der Waals surface area contributed by atoms with Crippen molar-refractivity contribution in [3.8, 4) is 5.75 Å². The Kier molecular flexibility index (Phi) is 6.18. The highest BCUT2D eigenvalue weighted by molar-refractivity contribution is 5.56. The monoisotopic (exact) mass is 275 g/mol. The molecule has 1 aromatic rings. The zero-order chi connectivity index (χ0) is 14.1. The quantitative estimate of drug-likeness (QED) is 0.422. The van der Waals surface area contributed by atoms with Gasteiger partial charge in [-0.3, -0.25) is 0 Å². The fraction of sp³-hybridized carbons (Fsp3) is 0.462. The van der Waals surface area contributed by atoms with Crippen molar-refractivity contribution >= 4 is 6.21 Å². The lowest BCUT2D eigenvalue weighted by Crippen LogP contribution is -2.18. The highest BCUT2D eigenvalue weighted by Gasteiger charge is 2.31. The molecule has 0 spiro atoms. The summed E-state index contributed by atoms with van der Waals surface area (Å²) >= 11 is 0. The van der Waals surface area contributed by atoms with Crippen LogP contribution in [-0.2, 0) is 11.4 Å². The minimum atomic E-state index is -4.71. The van der Waals surface area contributed by atoms with Crippen molar-refractivity contribution in [2.45, 2.75) is 39.2 Å². The Balaban J connectivity index is 2.51. The van der Waals surface area contributed by atoms with Crippen LogP contribution in [0.2, 0.25) is 0 Å².